The van der Waals surface area contributed by atoms with Gasteiger partial charge in [-0.25, -0.2) is 4.39 Å². The number of rotatable bonds is 4. The van der Waals surface area contributed by atoms with Crippen LogP contribution in [-0.2, 0) is 6.54 Å². The SMILES string of the molecule is CN(C)C(=O)c1ccc(NCc2ccc(Br)cc2F)cc1. The van der Waals surface area contributed by atoms with Crippen LogP contribution in [0, 0.1) is 5.82 Å². The third-order valence-corrected chi connectivity index (χ3v) is 3.53. The molecule has 5 heteroatoms. The number of hydrogen-bond acceptors (Lipinski definition) is 2. The summed E-state index contributed by atoms with van der Waals surface area (Å²) in [5.41, 5.74) is 2.06. The van der Waals surface area contributed by atoms with Crippen molar-refractivity contribution in [2.45, 2.75) is 6.54 Å². The third-order valence-electron chi connectivity index (χ3n) is 3.04. The number of halogens is 2. The van der Waals surface area contributed by atoms with Crippen molar-refractivity contribution in [3.05, 3.63) is 63.9 Å². The van der Waals surface area contributed by atoms with Crippen molar-refractivity contribution >= 4 is 27.5 Å². The highest BCUT2D eigenvalue weighted by Gasteiger charge is 2.07. The fourth-order valence-corrected chi connectivity index (χ4v) is 2.18. The number of anilines is 1. The van der Waals surface area contributed by atoms with Crippen LogP contribution in [0.15, 0.2) is 46.9 Å². The van der Waals surface area contributed by atoms with Gasteiger partial charge in [-0.2, -0.15) is 0 Å². The Balaban J connectivity index is 2.02. The van der Waals surface area contributed by atoms with E-state index in [2.05, 4.69) is 21.2 Å². The molecule has 2 aromatic carbocycles. The Labute approximate surface area is 131 Å². The molecule has 0 aliphatic heterocycles. The number of amides is 1. The van der Waals surface area contributed by atoms with Crippen molar-refractivity contribution < 1.29 is 9.18 Å². The van der Waals surface area contributed by atoms with Gasteiger partial charge in [0.1, 0.15) is 5.82 Å². The number of carbonyl (C=O) groups is 1. The Morgan fingerprint density at radius 2 is 1.86 bits per heavy atom. The summed E-state index contributed by atoms with van der Waals surface area (Å²) in [6.07, 6.45) is 0. The lowest BCUT2D eigenvalue weighted by molar-refractivity contribution is 0.0827. The Hall–Kier alpha value is -1.88. The fourth-order valence-electron chi connectivity index (χ4n) is 1.85. The van der Waals surface area contributed by atoms with Gasteiger partial charge in [-0.1, -0.05) is 22.0 Å². The van der Waals surface area contributed by atoms with E-state index in [0.29, 0.717) is 17.7 Å². The van der Waals surface area contributed by atoms with Gasteiger partial charge in [0.25, 0.3) is 5.91 Å². The maximum absolute atomic E-state index is 13.7. The van der Waals surface area contributed by atoms with Gasteiger partial charge in [-0.3, -0.25) is 4.79 Å². The minimum Gasteiger partial charge on any atom is -0.381 e. The summed E-state index contributed by atoms with van der Waals surface area (Å²) in [5, 5.41) is 3.14. The first-order valence-electron chi connectivity index (χ1n) is 6.47. The van der Waals surface area contributed by atoms with Crippen molar-refractivity contribution in [1.29, 1.82) is 0 Å². The molecular weight excluding hydrogens is 335 g/mol. The molecule has 0 aromatic heterocycles. The second-order valence-corrected chi connectivity index (χ2v) is 5.78. The molecule has 2 rings (SSSR count). The minimum absolute atomic E-state index is 0.0412. The molecule has 3 nitrogen and oxygen atoms in total. The van der Waals surface area contributed by atoms with E-state index >= 15 is 0 Å². The topological polar surface area (TPSA) is 32.3 Å². The molecule has 0 saturated heterocycles. The molecule has 0 aliphatic carbocycles. The summed E-state index contributed by atoms with van der Waals surface area (Å²) in [6, 6.07) is 12.1. The molecule has 0 aliphatic rings. The molecule has 0 spiro atoms. The smallest absolute Gasteiger partial charge is 0.253 e. The maximum Gasteiger partial charge on any atom is 0.253 e. The van der Waals surface area contributed by atoms with E-state index in [1.54, 1.807) is 38.4 Å². The number of nitrogens with zero attached hydrogens (tertiary/aromatic N) is 1. The summed E-state index contributed by atoms with van der Waals surface area (Å²) in [5.74, 6) is -0.295. The number of carbonyl (C=O) groups excluding carboxylic acids is 1. The average molecular weight is 351 g/mol. The zero-order valence-corrected chi connectivity index (χ0v) is 13.4. The molecule has 0 fully saturated rings. The van der Waals surface area contributed by atoms with Gasteiger partial charge in [-0.15, -0.1) is 0 Å². The highest BCUT2D eigenvalue weighted by atomic mass is 79.9. The largest absolute Gasteiger partial charge is 0.381 e. The predicted molar refractivity (Wildman–Crippen MR) is 85.9 cm³/mol. The van der Waals surface area contributed by atoms with E-state index in [4.69, 9.17) is 0 Å². The fraction of sp³-hybridized carbons (Fsp3) is 0.188. The monoisotopic (exact) mass is 350 g/mol. The van der Waals surface area contributed by atoms with E-state index in [9.17, 15) is 9.18 Å². The second-order valence-electron chi connectivity index (χ2n) is 4.87. The quantitative estimate of drug-likeness (QED) is 0.906. The maximum atomic E-state index is 13.7. The standard InChI is InChI=1S/C16H16BrFN2O/c1-20(2)16(21)11-4-7-14(8-5-11)19-10-12-3-6-13(17)9-15(12)18/h3-9,19H,10H2,1-2H3. The minimum atomic E-state index is -0.253. The van der Waals surface area contributed by atoms with Gasteiger partial charge in [0.2, 0.25) is 0 Å². The van der Waals surface area contributed by atoms with E-state index in [0.717, 1.165) is 10.2 Å². The van der Waals surface area contributed by atoms with Crippen molar-refractivity contribution in [1.82, 2.24) is 4.90 Å². The van der Waals surface area contributed by atoms with Crippen LogP contribution < -0.4 is 5.32 Å². The van der Waals surface area contributed by atoms with Gasteiger partial charge >= 0.3 is 0 Å². The van der Waals surface area contributed by atoms with Gasteiger partial charge < -0.3 is 10.2 Å². The summed E-state index contributed by atoms with van der Waals surface area (Å²) >= 11 is 3.23. The molecule has 1 N–H and O–H groups in total. The normalized spacial score (nSPS) is 10.3. The van der Waals surface area contributed by atoms with Crippen molar-refractivity contribution in [2.24, 2.45) is 0 Å². The molecule has 2 aromatic rings. The lowest BCUT2D eigenvalue weighted by atomic mass is 10.1. The Bertz CT molecular complexity index is 641. The Kier molecular flexibility index (Phi) is 4.96. The van der Waals surface area contributed by atoms with Gasteiger partial charge in [0.05, 0.1) is 0 Å². The van der Waals surface area contributed by atoms with Gasteiger partial charge in [0.15, 0.2) is 0 Å². The molecular formula is C16H16BrFN2O. The predicted octanol–water partition coefficient (Wildman–Crippen LogP) is 3.90. The van der Waals surface area contributed by atoms with Gasteiger partial charge in [0, 0.05) is 41.9 Å². The first-order valence-corrected chi connectivity index (χ1v) is 7.26. The third kappa shape index (κ3) is 4.04. The lowest BCUT2D eigenvalue weighted by Crippen LogP contribution is -2.21. The second kappa shape index (κ2) is 6.72. The van der Waals surface area contributed by atoms with E-state index in [1.165, 1.54) is 11.0 Å². The van der Waals surface area contributed by atoms with Gasteiger partial charge in [-0.05, 0) is 36.4 Å². The van der Waals surface area contributed by atoms with Crippen molar-refractivity contribution in [3.63, 3.8) is 0 Å². The summed E-state index contributed by atoms with van der Waals surface area (Å²) < 4.78 is 14.4. The van der Waals surface area contributed by atoms with Crippen molar-refractivity contribution in [2.75, 3.05) is 19.4 Å². The average Bonchev–Trinajstić information content (AvgIpc) is 2.46. The van der Waals surface area contributed by atoms with Crippen LogP contribution in [0.1, 0.15) is 15.9 Å². The Morgan fingerprint density at radius 3 is 2.43 bits per heavy atom. The molecule has 110 valence electrons. The lowest BCUT2D eigenvalue weighted by Gasteiger charge is -2.11. The number of hydrogen-bond donors (Lipinski definition) is 1. The van der Waals surface area contributed by atoms with Crippen LogP contribution in [0.25, 0.3) is 0 Å². The highest BCUT2D eigenvalue weighted by molar-refractivity contribution is 9.10. The summed E-state index contributed by atoms with van der Waals surface area (Å²) in [4.78, 5) is 13.3. The molecule has 0 unspecified atom stereocenters. The molecule has 0 radical (unpaired) electrons. The van der Waals surface area contributed by atoms with Crippen molar-refractivity contribution in [3.8, 4) is 0 Å². The van der Waals surface area contributed by atoms with E-state index in [-0.39, 0.29) is 11.7 Å². The molecule has 0 atom stereocenters. The molecule has 0 bridgehead atoms. The molecule has 21 heavy (non-hydrogen) atoms. The summed E-state index contributed by atoms with van der Waals surface area (Å²) in [6.45, 7) is 0.389. The molecule has 0 saturated carbocycles. The van der Waals surface area contributed by atoms with Crippen LogP contribution in [-0.4, -0.2) is 24.9 Å². The molecule has 1 amide bonds. The summed E-state index contributed by atoms with van der Waals surface area (Å²) in [7, 11) is 3.43. The van der Waals surface area contributed by atoms with Crippen LogP contribution in [0.3, 0.4) is 0 Å². The zero-order valence-electron chi connectivity index (χ0n) is 11.9. The van der Waals surface area contributed by atoms with Crippen LogP contribution in [0.2, 0.25) is 0 Å². The van der Waals surface area contributed by atoms with Crippen LogP contribution >= 0.6 is 15.9 Å². The van der Waals surface area contributed by atoms with E-state index in [1.807, 2.05) is 12.1 Å². The molecule has 0 heterocycles. The van der Waals surface area contributed by atoms with Crippen LogP contribution in [0.4, 0.5) is 10.1 Å². The zero-order chi connectivity index (χ0) is 15.4. The number of benzene rings is 2. The highest BCUT2D eigenvalue weighted by Crippen LogP contribution is 2.17. The Morgan fingerprint density at radius 1 is 1.19 bits per heavy atom. The first kappa shape index (κ1) is 15.5. The van der Waals surface area contributed by atoms with E-state index < -0.39 is 0 Å². The first-order chi connectivity index (χ1) is 9.97. The van der Waals surface area contributed by atoms with Crippen LogP contribution in [0.5, 0.6) is 0 Å². The number of nitrogens with one attached hydrogen (secondary N) is 1.